The molecule has 7 rings (SSSR count). The van der Waals surface area contributed by atoms with Gasteiger partial charge in [-0.1, -0.05) is 71.7 Å². The van der Waals surface area contributed by atoms with Gasteiger partial charge < -0.3 is 0 Å². The summed E-state index contributed by atoms with van der Waals surface area (Å²) in [6.07, 6.45) is 3.81. The molecule has 2 nitrogen and oxygen atoms in total. The first-order valence-corrected chi connectivity index (χ1v) is 13.4. The third-order valence-corrected chi connectivity index (χ3v) is 8.28. The van der Waals surface area contributed by atoms with Gasteiger partial charge in [-0.3, -0.25) is 4.98 Å². The summed E-state index contributed by atoms with van der Waals surface area (Å²) in [6.45, 7) is 0. The van der Waals surface area contributed by atoms with Crippen LogP contribution >= 0.6 is 34.5 Å². The Hall–Kier alpha value is -3.76. The van der Waals surface area contributed by atoms with E-state index in [2.05, 4.69) is 77.8 Å². The molecule has 0 aliphatic heterocycles. The fourth-order valence-electron chi connectivity index (χ4n) is 4.88. The van der Waals surface area contributed by atoms with Gasteiger partial charge in [0.1, 0.15) is 4.83 Å². The van der Waals surface area contributed by atoms with E-state index in [1.54, 1.807) is 17.4 Å². The van der Waals surface area contributed by atoms with E-state index in [1.807, 2.05) is 30.6 Å². The fraction of sp³-hybridized carbons (Fsp3) is 0. The molecule has 0 radical (unpaired) electrons. The van der Waals surface area contributed by atoms with Crippen molar-refractivity contribution in [2.75, 3.05) is 0 Å². The molecule has 176 valence electrons. The molecule has 0 spiro atoms. The van der Waals surface area contributed by atoms with E-state index >= 15 is 0 Å². The van der Waals surface area contributed by atoms with Gasteiger partial charge in [0.05, 0.1) is 5.69 Å². The predicted octanol–water partition coefficient (Wildman–Crippen LogP) is 10.3. The molecule has 0 saturated heterocycles. The maximum Gasteiger partial charge on any atom is 0.124 e. The molecule has 5 heteroatoms. The molecule has 3 aromatic heterocycles. The predicted molar refractivity (Wildman–Crippen MR) is 159 cm³/mol. The standard InChI is InChI=1S/C32H18Cl2N2S/c33-25-15-24(16-26(34)17-25)22-9-7-19-13-21(8-6-20(19)14-22)23-10-11-30(36-18-23)29-4-1-3-27-28-5-2-12-35-32(28)37-31(27)29/h1-18H. The van der Waals surface area contributed by atoms with E-state index in [0.717, 1.165) is 43.7 Å². The highest BCUT2D eigenvalue weighted by Gasteiger charge is 2.12. The maximum absolute atomic E-state index is 6.21. The molecule has 0 aliphatic carbocycles. The van der Waals surface area contributed by atoms with Gasteiger partial charge in [0.15, 0.2) is 0 Å². The van der Waals surface area contributed by atoms with Gasteiger partial charge in [0, 0.05) is 49.0 Å². The highest BCUT2D eigenvalue weighted by Crippen LogP contribution is 2.39. The zero-order chi connectivity index (χ0) is 24.9. The Balaban J connectivity index is 1.23. The molecule has 0 N–H and O–H groups in total. The largest absolute Gasteiger partial charge is 0.256 e. The molecule has 0 atom stereocenters. The molecule has 3 heterocycles. The van der Waals surface area contributed by atoms with Crippen molar-refractivity contribution >= 4 is 65.6 Å². The third-order valence-electron chi connectivity index (χ3n) is 6.68. The molecule has 4 aromatic carbocycles. The van der Waals surface area contributed by atoms with Crippen LogP contribution in [0.5, 0.6) is 0 Å². The highest BCUT2D eigenvalue weighted by atomic mass is 35.5. The van der Waals surface area contributed by atoms with E-state index < -0.39 is 0 Å². The monoisotopic (exact) mass is 532 g/mol. The third kappa shape index (κ3) is 4.06. The zero-order valence-corrected chi connectivity index (χ0v) is 21.8. The maximum atomic E-state index is 6.21. The quantitative estimate of drug-likeness (QED) is 0.226. The minimum atomic E-state index is 0.633. The summed E-state index contributed by atoms with van der Waals surface area (Å²) in [4.78, 5) is 10.5. The summed E-state index contributed by atoms with van der Waals surface area (Å²) in [5.74, 6) is 0. The van der Waals surface area contributed by atoms with Gasteiger partial charge >= 0.3 is 0 Å². The lowest BCUT2D eigenvalue weighted by atomic mass is 9.98. The van der Waals surface area contributed by atoms with E-state index in [1.165, 1.54) is 20.9 Å². The van der Waals surface area contributed by atoms with Crippen LogP contribution in [0.25, 0.3) is 64.6 Å². The zero-order valence-electron chi connectivity index (χ0n) is 19.5. The second kappa shape index (κ2) is 8.97. The van der Waals surface area contributed by atoms with Gasteiger partial charge in [0.25, 0.3) is 0 Å². The first-order chi connectivity index (χ1) is 18.1. The smallest absolute Gasteiger partial charge is 0.124 e. The molecule has 7 aromatic rings. The lowest BCUT2D eigenvalue weighted by Gasteiger charge is -2.09. The molecule has 37 heavy (non-hydrogen) atoms. The van der Waals surface area contributed by atoms with Crippen molar-refractivity contribution in [2.24, 2.45) is 0 Å². The molecular formula is C32H18Cl2N2S. The molecule has 0 aliphatic rings. The molecular weight excluding hydrogens is 515 g/mol. The summed E-state index contributed by atoms with van der Waals surface area (Å²) in [7, 11) is 0. The Bertz CT molecular complexity index is 1940. The number of halogens is 2. The minimum absolute atomic E-state index is 0.633. The van der Waals surface area contributed by atoms with Crippen LogP contribution in [0.1, 0.15) is 0 Å². The number of rotatable bonds is 3. The lowest BCUT2D eigenvalue weighted by Crippen LogP contribution is -1.86. The van der Waals surface area contributed by atoms with Crippen LogP contribution < -0.4 is 0 Å². The number of aromatic nitrogens is 2. The van der Waals surface area contributed by atoms with Gasteiger partial charge in [-0.05, 0) is 76.0 Å². The minimum Gasteiger partial charge on any atom is -0.256 e. The number of pyridine rings is 2. The average molecular weight is 533 g/mol. The van der Waals surface area contributed by atoms with Crippen LogP contribution in [0.2, 0.25) is 10.0 Å². The summed E-state index contributed by atoms with van der Waals surface area (Å²) < 4.78 is 1.22. The Morgan fingerprint density at radius 1 is 0.568 bits per heavy atom. The van der Waals surface area contributed by atoms with Crippen molar-refractivity contribution in [3.63, 3.8) is 0 Å². The van der Waals surface area contributed by atoms with Crippen molar-refractivity contribution < 1.29 is 0 Å². The van der Waals surface area contributed by atoms with Crippen molar-refractivity contribution in [1.29, 1.82) is 0 Å². The number of hydrogen-bond donors (Lipinski definition) is 0. The van der Waals surface area contributed by atoms with Crippen molar-refractivity contribution in [1.82, 2.24) is 9.97 Å². The van der Waals surface area contributed by atoms with Crippen molar-refractivity contribution in [3.8, 4) is 33.5 Å². The second-order valence-electron chi connectivity index (χ2n) is 9.01. The van der Waals surface area contributed by atoms with E-state index in [4.69, 9.17) is 28.2 Å². The van der Waals surface area contributed by atoms with Gasteiger partial charge in [-0.2, -0.15) is 0 Å². The van der Waals surface area contributed by atoms with Gasteiger partial charge in [-0.15, -0.1) is 11.3 Å². The highest BCUT2D eigenvalue weighted by molar-refractivity contribution is 7.26. The Kier molecular flexibility index (Phi) is 5.44. The molecule has 0 amide bonds. The first kappa shape index (κ1) is 22.4. The second-order valence-corrected chi connectivity index (χ2v) is 10.9. The Morgan fingerprint density at radius 2 is 1.27 bits per heavy atom. The van der Waals surface area contributed by atoms with Crippen molar-refractivity contribution in [2.45, 2.75) is 0 Å². The van der Waals surface area contributed by atoms with Gasteiger partial charge in [0.2, 0.25) is 0 Å². The summed E-state index contributed by atoms with van der Waals surface area (Å²) >= 11 is 14.1. The van der Waals surface area contributed by atoms with E-state index in [0.29, 0.717) is 10.0 Å². The SMILES string of the molecule is Clc1cc(Cl)cc(-c2ccc3cc(-c4ccc(-c5cccc6c5sc5ncccc56)nc4)ccc3c2)c1. The fourth-order valence-corrected chi connectivity index (χ4v) is 6.58. The topological polar surface area (TPSA) is 25.8 Å². The molecule has 0 fully saturated rings. The molecule has 0 unspecified atom stereocenters. The molecule has 0 saturated carbocycles. The van der Waals surface area contributed by atoms with Crippen molar-refractivity contribution in [3.05, 3.63) is 120 Å². The number of hydrogen-bond acceptors (Lipinski definition) is 3. The summed E-state index contributed by atoms with van der Waals surface area (Å²) in [5.41, 5.74) is 6.41. The van der Waals surface area contributed by atoms with E-state index in [9.17, 15) is 0 Å². The van der Waals surface area contributed by atoms with Crippen LogP contribution in [0.3, 0.4) is 0 Å². The van der Waals surface area contributed by atoms with Crippen LogP contribution in [0, 0.1) is 0 Å². The van der Waals surface area contributed by atoms with Crippen LogP contribution in [0.15, 0.2) is 109 Å². The van der Waals surface area contributed by atoms with E-state index in [-0.39, 0.29) is 0 Å². The number of thiophene rings is 1. The van der Waals surface area contributed by atoms with Crippen LogP contribution in [-0.4, -0.2) is 9.97 Å². The Morgan fingerprint density at radius 3 is 2.00 bits per heavy atom. The summed E-state index contributed by atoms with van der Waals surface area (Å²) in [5, 5.41) is 6.01. The van der Waals surface area contributed by atoms with Crippen LogP contribution in [-0.2, 0) is 0 Å². The number of benzene rings is 4. The lowest BCUT2D eigenvalue weighted by molar-refractivity contribution is 1.33. The van der Waals surface area contributed by atoms with Gasteiger partial charge in [-0.25, -0.2) is 4.98 Å². The normalized spacial score (nSPS) is 11.5. The first-order valence-electron chi connectivity index (χ1n) is 11.9. The number of fused-ring (bicyclic) bond motifs is 4. The number of nitrogens with zero attached hydrogens (tertiary/aromatic N) is 2. The Labute approximate surface area is 227 Å². The molecule has 0 bridgehead atoms. The average Bonchev–Trinajstić information content (AvgIpc) is 3.31. The summed E-state index contributed by atoms with van der Waals surface area (Å²) in [6, 6.07) is 33.3. The van der Waals surface area contributed by atoms with Crippen LogP contribution in [0.4, 0.5) is 0 Å².